The topological polar surface area (TPSA) is 85.2 Å². The predicted octanol–water partition coefficient (Wildman–Crippen LogP) is 2.84. The molecule has 2 heterocycles. The number of nitrogens with zero attached hydrogens (tertiary/aromatic N) is 2. The Balaban J connectivity index is 1.51. The molecular weight excluding hydrogens is 332 g/mol. The number of aromatic nitrogens is 2. The summed E-state index contributed by atoms with van der Waals surface area (Å²) < 4.78 is 7.14. The Morgan fingerprint density at radius 1 is 1.23 bits per heavy atom. The average molecular weight is 348 g/mol. The van der Waals surface area contributed by atoms with Gasteiger partial charge in [-0.05, 0) is 37.3 Å². The Hall–Kier alpha value is -3.61. The van der Waals surface area contributed by atoms with Crippen molar-refractivity contribution >= 4 is 23.2 Å². The highest BCUT2D eigenvalue weighted by atomic mass is 16.5. The van der Waals surface area contributed by atoms with Crippen LogP contribution in [0.3, 0.4) is 0 Å². The molecule has 0 spiro atoms. The third kappa shape index (κ3) is 3.02. The van der Waals surface area contributed by atoms with E-state index >= 15 is 0 Å². The first-order valence-corrected chi connectivity index (χ1v) is 8.13. The van der Waals surface area contributed by atoms with Gasteiger partial charge in [-0.3, -0.25) is 9.59 Å². The quantitative estimate of drug-likeness (QED) is 0.762. The van der Waals surface area contributed by atoms with Gasteiger partial charge in [-0.15, -0.1) is 0 Å². The van der Waals surface area contributed by atoms with Gasteiger partial charge in [-0.2, -0.15) is 5.10 Å². The van der Waals surface area contributed by atoms with Gasteiger partial charge in [0.05, 0.1) is 23.1 Å². The van der Waals surface area contributed by atoms with Crippen LogP contribution in [0.2, 0.25) is 0 Å². The summed E-state index contributed by atoms with van der Waals surface area (Å²) in [6.07, 6.45) is 2.63. The minimum absolute atomic E-state index is 0.217. The zero-order valence-electron chi connectivity index (χ0n) is 14.0. The number of anilines is 2. The summed E-state index contributed by atoms with van der Waals surface area (Å²) in [6.45, 7) is 1.68. The van der Waals surface area contributed by atoms with Crippen molar-refractivity contribution in [3.63, 3.8) is 0 Å². The van der Waals surface area contributed by atoms with Crippen molar-refractivity contribution in [2.75, 3.05) is 10.6 Å². The molecule has 0 saturated heterocycles. The van der Waals surface area contributed by atoms with Crippen LogP contribution in [-0.4, -0.2) is 27.7 Å². The lowest BCUT2D eigenvalue weighted by molar-refractivity contribution is -0.122. The van der Waals surface area contributed by atoms with Crippen LogP contribution in [0.4, 0.5) is 11.4 Å². The van der Waals surface area contributed by atoms with E-state index in [9.17, 15) is 9.59 Å². The first kappa shape index (κ1) is 15.9. The predicted molar refractivity (Wildman–Crippen MR) is 96.7 cm³/mol. The third-order valence-electron chi connectivity index (χ3n) is 4.03. The summed E-state index contributed by atoms with van der Waals surface area (Å²) in [4.78, 5) is 24.2. The summed E-state index contributed by atoms with van der Waals surface area (Å²) in [7, 11) is 0. The first-order chi connectivity index (χ1) is 12.6. The van der Waals surface area contributed by atoms with Crippen LogP contribution in [0.25, 0.3) is 5.69 Å². The van der Waals surface area contributed by atoms with Crippen molar-refractivity contribution in [1.82, 2.24) is 9.78 Å². The van der Waals surface area contributed by atoms with E-state index in [1.54, 1.807) is 36.0 Å². The molecule has 0 radical (unpaired) electrons. The van der Waals surface area contributed by atoms with Gasteiger partial charge in [0.25, 0.3) is 11.8 Å². The number of hydrogen-bond donors (Lipinski definition) is 2. The van der Waals surface area contributed by atoms with Crippen molar-refractivity contribution in [2.45, 2.75) is 13.0 Å². The Bertz CT molecular complexity index is 981. The molecule has 2 aromatic carbocycles. The molecule has 3 aromatic rings. The van der Waals surface area contributed by atoms with Crippen molar-refractivity contribution in [3.05, 3.63) is 66.5 Å². The fourth-order valence-corrected chi connectivity index (χ4v) is 2.65. The van der Waals surface area contributed by atoms with Crippen molar-refractivity contribution in [3.8, 4) is 11.4 Å². The van der Waals surface area contributed by atoms with Crippen molar-refractivity contribution in [1.29, 1.82) is 0 Å². The number of carbonyl (C=O) groups excluding carboxylic acids is 2. The molecule has 7 heteroatoms. The highest BCUT2D eigenvalue weighted by molar-refractivity contribution is 6.05. The van der Waals surface area contributed by atoms with Crippen molar-refractivity contribution < 1.29 is 14.3 Å². The fourth-order valence-electron chi connectivity index (χ4n) is 2.65. The maximum Gasteiger partial charge on any atom is 0.265 e. The minimum atomic E-state index is -0.535. The first-order valence-electron chi connectivity index (χ1n) is 8.13. The van der Waals surface area contributed by atoms with Gasteiger partial charge in [-0.1, -0.05) is 18.2 Å². The van der Waals surface area contributed by atoms with Crippen LogP contribution in [0.5, 0.6) is 5.75 Å². The molecule has 1 atom stereocenters. The van der Waals surface area contributed by atoms with Crippen LogP contribution < -0.4 is 15.4 Å². The smallest absolute Gasteiger partial charge is 0.265 e. The average Bonchev–Trinajstić information content (AvgIpc) is 3.14. The van der Waals surface area contributed by atoms with Crippen LogP contribution in [0, 0.1) is 0 Å². The number of benzene rings is 2. The molecule has 0 unspecified atom stereocenters. The van der Waals surface area contributed by atoms with Crippen LogP contribution in [0.15, 0.2) is 60.9 Å². The van der Waals surface area contributed by atoms with Gasteiger partial charge < -0.3 is 15.4 Å². The van der Waals surface area contributed by atoms with E-state index in [-0.39, 0.29) is 11.8 Å². The minimum Gasteiger partial charge on any atom is -0.479 e. The highest BCUT2D eigenvalue weighted by Crippen LogP contribution is 2.32. The maximum atomic E-state index is 12.5. The summed E-state index contributed by atoms with van der Waals surface area (Å²) in [5.74, 6) is 0.0701. The highest BCUT2D eigenvalue weighted by Gasteiger charge is 2.23. The fraction of sp³-hybridized carbons (Fsp3) is 0.105. The molecule has 1 aromatic heterocycles. The van der Waals surface area contributed by atoms with E-state index in [1.807, 2.05) is 30.3 Å². The van der Waals surface area contributed by atoms with E-state index in [0.29, 0.717) is 22.7 Å². The van der Waals surface area contributed by atoms with E-state index in [1.165, 1.54) is 6.20 Å². The molecule has 2 amide bonds. The Kier molecular flexibility index (Phi) is 3.89. The lowest BCUT2D eigenvalue weighted by Gasteiger charge is -2.23. The van der Waals surface area contributed by atoms with Gasteiger partial charge in [-0.25, -0.2) is 4.68 Å². The number of rotatable bonds is 3. The van der Waals surface area contributed by atoms with Gasteiger partial charge in [0.15, 0.2) is 6.10 Å². The molecule has 1 aliphatic heterocycles. The molecule has 26 heavy (non-hydrogen) atoms. The third-order valence-corrected chi connectivity index (χ3v) is 4.03. The van der Waals surface area contributed by atoms with Crippen LogP contribution in [0.1, 0.15) is 17.3 Å². The van der Waals surface area contributed by atoms with Crippen molar-refractivity contribution in [2.24, 2.45) is 0 Å². The largest absolute Gasteiger partial charge is 0.479 e. The second-order valence-corrected chi connectivity index (χ2v) is 5.92. The van der Waals surface area contributed by atoms with Crippen LogP contribution in [-0.2, 0) is 4.79 Å². The summed E-state index contributed by atoms with van der Waals surface area (Å²) in [5, 5.41) is 9.77. The van der Waals surface area contributed by atoms with Gasteiger partial charge in [0.1, 0.15) is 5.75 Å². The molecule has 4 rings (SSSR count). The number of para-hydroxylation sites is 1. The number of amides is 2. The lowest BCUT2D eigenvalue weighted by atomic mass is 10.2. The summed E-state index contributed by atoms with van der Waals surface area (Å²) in [6, 6.07) is 14.6. The monoisotopic (exact) mass is 348 g/mol. The van der Waals surface area contributed by atoms with Gasteiger partial charge in [0, 0.05) is 11.9 Å². The molecular formula is C19H16N4O3. The normalized spacial score (nSPS) is 15.6. The molecule has 7 nitrogen and oxygen atoms in total. The lowest BCUT2D eigenvalue weighted by Crippen LogP contribution is -2.34. The second kappa shape index (κ2) is 6.36. The Labute approximate surface area is 149 Å². The Morgan fingerprint density at radius 2 is 2.04 bits per heavy atom. The number of carbonyl (C=O) groups is 2. The van der Waals surface area contributed by atoms with E-state index in [2.05, 4.69) is 15.7 Å². The zero-order valence-corrected chi connectivity index (χ0v) is 14.0. The van der Waals surface area contributed by atoms with Gasteiger partial charge in [0.2, 0.25) is 0 Å². The maximum absolute atomic E-state index is 12.5. The number of ether oxygens (including phenoxy) is 1. The number of hydrogen-bond acceptors (Lipinski definition) is 4. The molecule has 1 aliphatic rings. The van der Waals surface area contributed by atoms with E-state index in [4.69, 9.17) is 4.74 Å². The molecule has 2 N–H and O–H groups in total. The molecule has 0 aliphatic carbocycles. The summed E-state index contributed by atoms with van der Waals surface area (Å²) >= 11 is 0. The molecule has 130 valence electrons. The Morgan fingerprint density at radius 3 is 2.85 bits per heavy atom. The van der Waals surface area contributed by atoms with E-state index < -0.39 is 6.10 Å². The SMILES string of the molecule is C[C@@H]1Oc2ccc(NC(=O)c3cnn(-c4ccccc4)c3)cc2NC1=O. The second-order valence-electron chi connectivity index (χ2n) is 5.92. The summed E-state index contributed by atoms with van der Waals surface area (Å²) in [5.41, 5.74) is 2.39. The standard InChI is InChI=1S/C19H16N4O3/c1-12-18(24)22-16-9-14(7-8-17(16)26-12)21-19(25)13-10-20-23(11-13)15-5-3-2-4-6-15/h2-12H,1H3,(H,21,25)(H,22,24)/t12-/m0/s1. The number of nitrogens with one attached hydrogen (secondary N) is 2. The molecule has 0 fully saturated rings. The van der Waals surface area contributed by atoms with Crippen LogP contribution >= 0.6 is 0 Å². The van der Waals surface area contributed by atoms with Gasteiger partial charge >= 0.3 is 0 Å². The molecule has 0 bridgehead atoms. The zero-order chi connectivity index (χ0) is 18.1. The molecule has 0 saturated carbocycles. The van der Waals surface area contributed by atoms with E-state index in [0.717, 1.165) is 5.69 Å². The number of fused-ring (bicyclic) bond motifs is 1.